The maximum Gasteiger partial charge on any atom is 0.343 e. The highest BCUT2D eigenvalue weighted by molar-refractivity contribution is 8.00. The maximum atomic E-state index is 12.3. The molecule has 0 atom stereocenters. The first-order valence-electron chi connectivity index (χ1n) is 7.56. The summed E-state index contributed by atoms with van der Waals surface area (Å²) >= 11 is 1.25. The molecule has 3 rings (SSSR count). The summed E-state index contributed by atoms with van der Waals surface area (Å²) in [6.07, 6.45) is 1.77. The van der Waals surface area contributed by atoms with E-state index in [-0.39, 0.29) is 18.1 Å². The van der Waals surface area contributed by atoms with Crippen molar-refractivity contribution in [3.8, 4) is 0 Å². The summed E-state index contributed by atoms with van der Waals surface area (Å²) in [6, 6.07) is 14.5. The Morgan fingerprint density at radius 1 is 1.12 bits per heavy atom. The second-order valence-electron chi connectivity index (χ2n) is 5.01. The van der Waals surface area contributed by atoms with Crippen LogP contribution < -0.4 is 0 Å². The predicted molar refractivity (Wildman–Crippen MR) is 92.6 cm³/mol. The molecule has 0 radical (unpaired) electrons. The Labute approximate surface area is 143 Å². The van der Waals surface area contributed by atoms with E-state index in [1.54, 1.807) is 29.8 Å². The molecule has 0 unspecified atom stereocenters. The summed E-state index contributed by atoms with van der Waals surface area (Å²) in [5.41, 5.74) is 1.72. The number of carbonyl (C=O) groups excluding carboxylic acids is 2. The Balaban J connectivity index is 1.87. The van der Waals surface area contributed by atoms with Crippen LogP contribution in [0.2, 0.25) is 0 Å². The van der Waals surface area contributed by atoms with E-state index in [9.17, 15) is 9.59 Å². The molecule has 24 heavy (non-hydrogen) atoms. The number of thioether (sulfide) groups is 1. The van der Waals surface area contributed by atoms with E-state index in [4.69, 9.17) is 4.74 Å². The number of Topliss-reactive ketones (excluding diaryl/α,β-unsaturated/α-hetero) is 1. The fourth-order valence-electron chi connectivity index (χ4n) is 2.31. The molecule has 0 saturated carbocycles. The third-order valence-corrected chi connectivity index (χ3v) is 4.39. The van der Waals surface area contributed by atoms with E-state index in [0.717, 1.165) is 0 Å². The van der Waals surface area contributed by atoms with Crippen LogP contribution in [0, 0.1) is 0 Å². The van der Waals surface area contributed by atoms with Gasteiger partial charge < -0.3 is 4.74 Å². The van der Waals surface area contributed by atoms with Crippen molar-refractivity contribution in [2.75, 3.05) is 12.4 Å². The first kappa shape index (κ1) is 16.3. The van der Waals surface area contributed by atoms with Crippen LogP contribution in [0.1, 0.15) is 27.6 Å². The van der Waals surface area contributed by atoms with Crippen LogP contribution in [0.15, 0.2) is 59.8 Å². The molecule has 0 bridgehead atoms. The molecule has 0 N–H and O–H groups in total. The first-order chi connectivity index (χ1) is 11.7. The Morgan fingerprint density at radius 2 is 1.88 bits per heavy atom. The summed E-state index contributed by atoms with van der Waals surface area (Å²) < 4.78 is 6.76. The highest BCUT2D eigenvalue weighted by Gasteiger charge is 2.22. The zero-order chi connectivity index (χ0) is 16.9. The maximum absolute atomic E-state index is 12.3. The van der Waals surface area contributed by atoms with Gasteiger partial charge in [-0.05, 0) is 19.1 Å². The Morgan fingerprint density at radius 3 is 2.62 bits per heavy atom. The average Bonchev–Trinajstić information content (AvgIpc) is 2.99. The smallest absolute Gasteiger partial charge is 0.343 e. The molecule has 6 heteroatoms. The molecule has 3 aromatic rings. The molecular weight excluding hydrogens is 324 g/mol. The van der Waals surface area contributed by atoms with Gasteiger partial charge in [0.15, 0.2) is 5.78 Å². The molecule has 2 aromatic heterocycles. The number of aromatic nitrogens is 2. The Bertz CT molecular complexity index is 874. The van der Waals surface area contributed by atoms with Crippen molar-refractivity contribution in [3.63, 3.8) is 0 Å². The third-order valence-electron chi connectivity index (χ3n) is 3.42. The topological polar surface area (TPSA) is 60.7 Å². The lowest BCUT2D eigenvalue weighted by atomic mass is 10.2. The van der Waals surface area contributed by atoms with Crippen LogP contribution in [0.4, 0.5) is 0 Å². The standard InChI is InChI=1S/C18H16N2O3S/c1-2-23-18(22)16-14-10-6-7-11-20(14)19-17(16)24-12-15(21)13-8-4-3-5-9-13/h3-11H,2,12H2,1H3. The molecule has 0 aliphatic heterocycles. The number of ether oxygens (including phenoxy) is 1. The third kappa shape index (κ3) is 3.33. The van der Waals surface area contributed by atoms with E-state index in [0.29, 0.717) is 21.7 Å². The van der Waals surface area contributed by atoms with Gasteiger partial charge in [0.25, 0.3) is 0 Å². The number of nitrogens with zero attached hydrogens (tertiary/aromatic N) is 2. The Hall–Kier alpha value is -2.60. The molecule has 0 aliphatic rings. The minimum absolute atomic E-state index is 0.00698. The van der Waals surface area contributed by atoms with Crippen molar-refractivity contribution >= 4 is 29.0 Å². The van der Waals surface area contributed by atoms with Gasteiger partial charge in [-0.3, -0.25) is 4.79 Å². The summed E-state index contributed by atoms with van der Waals surface area (Å²) in [6.45, 7) is 2.05. The molecule has 1 aromatic carbocycles. The lowest BCUT2D eigenvalue weighted by molar-refractivity contribution is 0.0524. The van der Waals surface area contributed by atoms with Gasteiger partial charge >= 0.3 is 5.97 Å². The number of hydrogen-bond acceptors (Lipinski definition) is 5. The van der Waals surface area contributed by atoms with E-state index in [2.05, 4.69) is 5.10 Å². The van der Waals surface area contributed by atoms with Crippen LogP contribution >= 0.6 is 11.8 Å². The highest BCUT2D eigenvalue weighted by atomic mass is 32.2. The van der Waals surface area contributed by atoms with Crippen molar-refractivity contribution in [1.29, 1.82) is 0 Å². The summed E-state index contributed by atoms with van der Waals surface area (Å²) in [5, 5.41) is 4.91. The number of benzene rings is 1. The molecule has 2 heterocycles. The molecule has 0 aliphatic carbocycles. The molecule has 0 saturated heterocycles. The van der Waals surface area contributed by atoms with Crippen LogP contribution in [-0.2, 0) is 4.74 Å². The van der Waals surface area contributed by atoms with Crippen molar-refractivity contribution in [1.82, 2.24) is 9.61 Å². The predicted octanol–water partition coefficient (Wildman–Crippen LogP) is 3.49. The lowest BCUT2D eigenvalue weighted by Crippen LogP contribution is -2.07. The number of esters is 1. The van der Waals surface area contributed by atoms with Crippen LogP contribution in [-0.4, -0.2) is 33.7 Å². The molecule has 122 valence electrons. The second-order valence-corrected chi connectivity index (χ2v) is 5.97. The lowest BCUT2D eigenvalue weighted by Gasteiger charge is -2.03. The SMILES string of the molecule is CCOC(=O)c1c(SCC(=O)c2ccccc2)nn2ccccc12. The van der Waals surface area contributed by atoms with Crippen LogP contribution in [0.25, 0.3) is 5.52 Å². The number of pyridine rings is 1. The first-order valence-corrected chi connectivity index (χ1v) is 8.54. The molecule has 0 amide bonds. The number of carbonyl (C=O) groups is 2. The van der Waals surface area contributed by atoms with Crippen molar-refractivity contribution in [2.45, 2.75) is 11.9 Å². The largest absolute Gasteiger partial charge is 0.462 e. The second kappa shape index (κ2) is 7.31. The Kier molecular flexibility index (Phi) is 4.96. The van der Waals surface area contributed by atoms with Crippen molar-refractivity contribution in [2.24, 2.45) is 0 Å². The minimum Gasteiger partial charge on any atom is -0.462 e. The summed E-state index contributed by atoms with van der Waals surface area (Å²) in [7, 11) is 0. The van der Waals surface area contributed by atoms with Gasteiger partial charge in [0.2, 0.25) is 0 Å². The molecular formula is C18H16N2O3S. The van der Waals surface area contributed by atoms with E-state index in [1.807, 2.05) is 36.4 Å². The van der Waals surface area contributed by atoms with Gasteiger partial charge in [0.05, 0.1) is 17.9 Å². The van der Waals surface area contributed by atoms with E-state index < -0.39 is 5.97 Å². The quantitative estimate of drug-likeness (QED) is 0.390. The fraction of sp³-hybridized carbons (Fsp3) is 0.167. The van der Waals surface area contributed by atoms with Gasteiger partial charge in [-0.2, -0.15) is 5.10 Å². The fourth-order valence-corrected chi connectivity index (χ4v) is 3.23. The summed E-state index contributed by atoms with van der Waals surface area (Å²) in [5.74, 6) is -0.221. The molecule has 0 fully saturated rings. The number of ketones is 1. The summed E-state index contributed by atoms with van der Waals surface area (Å²) in [4.78, 5) is 24.5. The normalized spacial score (nSPS) is 10.7. The monoisotopic (exact) mass is 340 g/mol. The van der Waals surface area contributed by atoms with Crippen molar-refractivity contribution in [3.05, 3.63) is 65.9 Å². The van der Waals surface area contributed by atoms with Crippen molar-refractivity contribution < 1.29 is 14.3 Å². The van der Waals surface area contributed by atoms with E-state index in [1.165, 1.54) is 11.8 Å². The molecule has 5 nitrogen and oxygen atoms in total. The highest BCUT2D eigenvalue weighted by Crippen LogP contribution is 2.27. The van der Waals surface area contributed by atoms with Gasteiger partial charge in [0.1, 0.15) is 10.6 Å². The zero-order valence-corrected chi connectivity index (χ0v) is 14.0. The van der Waals surface area contributed by atoms with Gasteiger partial charge in [0, 0.05) is 11.8 Å². The average molecular weight is 340 g/mol. The zero-order valence-electron chi connectivity index (χ0n) is 13.1. The molecule has 0 spiro atoms. The van der Waals surface area contributed by atoms with Crippen LogP contribution in [0.3, 0.4) is 0 Å². The van der Waals surface area contributed by atoms with Crippen LogP contribution in [0.5, 0.6) is 0 Å². The number of fused-ring (bicyclic) bond motifs is 1. The number of rotatable bonds is 6. The van der Waals surface area contributed by atoms with Gasteiger partial charge in [-0.15, -0.1) is 0 Å². The minimum atomic E-state index is -0.423. The van der Waals surface area contributed by atoms with E-state index >= 15 is 0 Å². The number of hydrogen-bond donors (Lipinski definition) is 0. The van der Waals surface area contributed by atoms with Gasteiger partial charge in [-0.25, -0.2) is 9.31 Å². The van der Waals surface area contributed by atoms with Gasteiger partial charge in [-0.1, -0.05) is 48.2 Å².